The fourth-order valence-electron chi connectivity index (χ4n) is 2.07. The Morgan fingerprint density at radius 2 is 0.686 bits per heavy atom. The minimum absolute atomic E-state index is 0. The summed E-state index contributed by atoms with van der Waals surface area (Å²) in [6.45, 7) is 2.68. The third kappa shape index (κ3) is 9.30. The van der Waals surface area contributed by atoms with E-state index >= 15 is 0 Å². The summed E-state index contributed by atoms with van der Waals surface area (Å²) >= 11 is 0. The van der Waals surface area contributed by atoms with Crippen molar-refractivity contribution in [1.82, 2.24) is 0 Å². The first kappa shape index (κ1) is 45.4. The van der Waals surface area contributed by atoms with Crippen LogP contribution in [-0.2, 0) is 28.8 Å². The number of hydrogen-bond acceptors (Lipinski definition) is 16. The van der Waals surface area contributed by atoms with Crippen molar-refractivity contribution < 1.29 is 79.8 Å². The largest absolute Gasteiger partial charge is 2.00 e. The molecule has 16 nitrogen and oxygen atoms in total. The van der Waals surface area contributed by atoms with Gasteiger partial charge < -0.3 is 79.8 Å². The molecular weight excluding hydrogens is 568 g/mol. The topological polar surface area (TPSA) is 322 Å². The molecule has 4 unspecified atom stereocenters. The normalized spacial score (nSPS) is 15.8. The zero-order valence-corrected chi connectivity index (χ0v) is 25.6. The van der Waals surface area contributed by atoms with Crippen LogP contribution >= 0.6 is 0 Å². The summed E-state index contributed by atoms with van der Waals surface area (Å²) in [6.07, 6.45) is -5.93. The van der Waals surface area contributed by atoms with E-state index in [1.165, 1.54) is 0 Å². The van der Waals surface area contributed by atoms with Crippen molar-refractivity contribution in [3.8, 4) is 0 Å². The van der Waals surface area contributed by atoms with Crippen molar-refractivity contribution in [3.05, 3.63) is 0 Å². The Morgan fingerprint density at radius 1 is 0.514 bits per heavy atom. The molecule has 0 aliphatic heterocycles. The Hall–Kier alpha value is 0.439. The second kappa shape index (κ2) is 16.4. The van der Waals surface area contributed by atoms with Crippen LogP contribution in [0.4, 0.5) is 0 Å². The van der Waals surface area contributed by atoms with Gasteiger partial charge in [0.15, 0.2) is 0 Å². The van der Waals surface area contributed by atoms with Crippen LogP contribution in [0.1, 0.15) is 27.7 Å². The van der Waals surface area contributed by atoms with Crippen LogP contribution in [0.15, 0.2) is 0 Å². The van der Waals surface area contributed by atoms with Gasteiger partial charge >= 0.3 is 113 Å². The number of aliphatic carboxylic acids is 6. The molecule has 4 N–H and O–H groups in total. The number of carboxylic acid groups (broad SMARTS) is 6. The van der Waals surface area contributed by atoms with Gasteiger partial charge in [0.25, 0.3) is 0 Å². The number of aliphatic hydroxyl groups excluding tert-OH is 2. The van der Waals surface area contributed by atoms with Crippen LogP contribution in [0.5, 0.6) is 0 Å². The van der Waals surface area contributed by atoms with Crippen LogP contribution in [0, 0.1) is 10.8 Å². The minimum atomic E-state index is -3.56. The summed E-state index contributed by atoms with van der Waals surface area (Å²) in [5, 5.41) is 99.9. The monoisotopic (exact) mass is 586 g/mol. The fourth-order valence-corrected chi connectivity index (χ4v) is 2.07. The van der Waals surface area contributed by atoms with E-state index in [9.17, 15) is 69.6 Å². The molecule has 0 rings (SSSR count). The number of carboxylic acids is 6. The molecule has 0 radical (unpaired) electrons. The molecule has 184 valence electrons. The second-order valence-corrected chi connectivity index (χ2v) is 7.38. The molecule has 0 bridgehead atoms. The molecule has 0 aromatic carbocycles. The third-order valence-electron chi connectivity index (χ3n) is 4.79. The van der Waals surface area contributed by atoms with E-state index in [-0.39, 0.29) is 113 Å². The van der Waals surface area contributed by atoms with E-state index in [1.54, 1.807) is 0 Å². The standard InChI is InChI=1S/2C8H12O8.3Ca/c2*1-7(2,5(12)13)8(16,6(14)15)3(9)4(10)11;;;/h2*3,9,16H,1-2H3,(H,10,11)(H,12,13)(H,14,15);;;/q;;3*+2/p-6. The Morgan fingerprint density at radius 3 is 0.771 bits per heavy atom. The number of aliphatic hydroxyl groups is 4. The van der Waals surface area contributed by atoms with E-state index in [1.807, 2.05) is 0 Å². The number of hydrogen-bond donors (Lipinski definition) is 4. The maximum Gasteiger partial charge on any atom is 2.00 e. The van der Waals surface area contributed by atoms with Crippen molar-refractivity contribution >= 4 is 149 Å². The van der Waals surface area contributed by atoms with Crippen molar-refractivity contribution in [2.75, 3.05) is 0 Å². The predicted octanol–water partition coefficient (Wildman–Crippen LogP) is -12.4. The third-order valence-corrected chi connectivity index (χ3v) is 4.79. The summed E-state index contributed by atoms with van der Waals surface area (Å²) in [5.74, 6) is -13.8. The van der Waals surface area contributed by atoms with Crippen molar-refractivity contribution in [3.63, 3.8) is 0 Å². The average Bonchev–Trinajstić information content (AvgIpc) is 2.64. The summed E-state index contributed by atoms with van der Waals surface area (Å²) < 4.78 is 0. The van der Waals surface area contributed by atoms with E-state index in [4.69, 9.17) is 10.2 Å². The molecule has 0 saturated heterocycles. The molecule has 0 heterocycles. The van der Waals surface area contributed by atoms with Crippen LogP contribution in [0.25, 0.3) is 0 Å². The first-order valence-electron chi connectivity index (χ1n) is 8.07. The summed E-state index contributed by atoms with van der Waals surface area (Å²) in [5.41, 5.74) is -12.3. The molecule has 0 saturated carbocycles. The zero-order valence-electron chi connectivity index (χ0n) is 19.0. The average molecular weight is 587 g/mol. The smallest absolute Gasteiger partial charge is 0.549 e. The molecule has 0 amide bonds. The maximum atomic E-state index is 10.6. The Balaban J connectivity index is -0.000000158. The Labute approximate surface area is 286 Å². The van der Waals surface area contributed by atoms with Gasteiger partial charge in [0.1, 0.15) is 23.4 Å². The molecule has 0 aliphatic carbocycles. The van der Waals surface area contributed by atoms with Gasteiger partial charge in [-0.15, -0.1) is 0 Å². The summed E-state index contributed by atoms with van der Waals surface area (Å²) in [4.78, 5) is 63.0. The van der Waals surface area contributed by atoms with Crippen molar-refractivity contribution in [1.29, 1.82) is 0 Å². The first-order chi connectivity index (χ1) is 14.0. The van der Waals surface area contributed by atoms with Gasteiger partial charge in [0.2, 0.25) is 0 Å². The van der Waals surface area contributed by atoms with E-state index in [0.717, 1.165) is 0 Å². The molecule has 0 aromatic heterocycles. The molecule has 4 atom stereocenters. The van der Waals surface area contributed by atoms with Gasteiger partial charge in [0.05, 0.1) is 35.8 Å². The zero-order chi connectivity index (χ0) is 26.6. The van der Waals surface area contributed by atoms with Gasteiger partial charge in [-0.05, 0) is 0 Å². The SMILES string of the molecule is CC(C)(C(=O)[O-])C(O)(C(=O)[O-])C(O)C(=O)[O-].CC(C)(C(=O)[O-])C(O)(C(=O)[O-])C(O)C(=O)[O-].[Ca+2].[Ca+2].[Ca+2]. The first-order valence-corrected chi connectivity index (χ1v) is 8.07. The quantitative estimate of drug-likeness (QED) is 0.173. The number of carbonyl (C=O) groups excluding carboxylic acids is 6. The van der Waals surface area contributed by atoms with Crippen molar-refractivity contribution in [2.45, 2.75) is 51.1 Å². The van der Waals surface area contributed by atoms with Crippen LogP contribution in [-0.4, -0.2) is 193 Å². The molecule has 35 heavy (non-hydrogen) atoms. The molecular formula is C16H18Ca3O16. The van der Waals surface area contributed by atoms with Crippen molar-refractivity contribution in [2.24, 2.45) is 10.8 Å². The van der Waals surface area contributed by atoms with E-state index in [2.05, 4.69) is 0 Å². The van der Waals surface area contributed by atoms with Crippen LogP contribution in [0.3, 0.4) is 0 Å². The van der Waals surface area contributed by atoms with Gasteiger partial charge in [0, 0.05) is 10.8 Å². The van der Waals surface area contributed by atoms with E-state index in [0.29, 0.717) is 27.7 Å². The van der Waals surface area contributed by atoms with Gasteiger partial charge in [-0.1, -0.05) is 27.7 Å². The van der Waals surface area contributed by atoms with E-state index < -0.39 is 70.1 Å². The number of carbonyl (C=O) groups is 6. The minimum Gasteiger partial charge on any atom is -0.549 e. The Bertz CT molecular complexity index is 747. The molecule has 0 aliphatic rings. The molecule has 0 fully saturated rings. The predicted molar refractivity (Wildman–Crippen MR) is 96.8 cm³/mol. The summed E-state index contributed by atoms with van der Waals surface area (Å²) in [6, 6.07) is 0. The van der Waals surface area contributed by atoms with Gasteiger partial charge in [-0.2, -0.15) is 0 Å². The Kier molecular flexibility index (Phi) is 21.3. The number of rotatable bonds is 10. The fraction of sp³-hybridized carbons (Fsp3) is 0.625. The van der Waals surface area contributed by atoms with Crippen LogP contribution in [0.2, 0.25) is 0 Å². The van der Waals surface area contributed by atoms with Gasteiger partial charge in [-0.3, -0.25) is 0 Å². The molecule has 0 aromatic rings. The molecule has 0 spiro atoms. The van der Waals surface area contributed by atoms with Crippen LogP contribution < -0.4 is 30.6 Å². The van der Waals surface area contributed by atoms with Gasteiger partial charge in [-0.25, -0.2) is 0 Å². The second-order valence-electron chi connectivity index (χ2n) is 7.38. The summed E-state index contributed by atoms with van der Waals surface area (Å²) in [7, 11) is 0. The molecule has 19 heteroatoms. The maximum absolute atomic E-state index is 10.6.